The van der Waals surface area contributed by atoms with Crippen molar-refractivity contribution in [2.24, 2.45) is 0 Å². The van der Waals surface area contributed by atoms with E-state index in [-0.39, 0.29) is 17.9 Å². The van der Waals surface area contributed by atoms with E-state index in [0.717, 1.165) is 24.0 Å². The van der Waals surface area contributed by atoms with E-state index in [4.69, 9.17) is 4.74 Å². The number of hydrogen-bond donors (Lipinski definition) is 1. The second kappa shape index (κ2) is 8.29. The Kier molecular flexibility index (Phi) is 6.13. The molecule has 0 heterocycles. The highest BCUT2D eigenvalue weighted by atomic mass is 16.5. The van der Waals surface area contributed by atoms with Gasteiger partial charge in [0.2, 0.25) is 0 Å². The quantitative estimate of drug-likeness (QED) is 0.640. The molecule has 0 aliphatic carbocycles. The summed E-state index contributed by atoms with van der Waals surface area (Å²) in [5.41, 5.74) is 2.65. The molecule has 0 saturated heterocycles. The molecule has 24 heavy (non-hydrogen) atoms. The first-order valence-corrected chi connectivity index (χ1v) is 8.19. The van der Waals surface area contributed by atoms with E-state index in [9.17, 15) is 9.59 Å². The minimum absolute atomic E-state index is 0.0484. The van der Waals surface area contributed by atoms with Crippen molar-refractivity contribution in [1.29, 1.82) is 0 Å². The summed E-state index contributed by atoms with van der Waals surface area (Å²) in [5, 5.41) is 2.99. The Balaban J connectivity index is 2.06. The van der Waals surface area contributed by atoms with Gasteiger partial charge in [-0.1, -0.05) is 37.6 Å². The molecule has 2 rings (SSSR count). The molecule has 2 aromatic carbocycles. The van der Waals surface area contributed by atoms with Crippen LogP contribution in [0.3, 0.4) is 0 Å². The lowest BCUT2D eigenvalue weighted by atomic mass is 10.0. The molecule has 1 N–H and O–H groups in total. The number of rotatable bonds is 6. The zero-order valence-electron chi connectivity index (χ0n) is 14.3. The Hall–Kier alpha value is -2.62. The number of hydrogen-bond acceptors (Lipinski definition) is 3. The van der Waals surface area contributed by atoms with E-state index >= 15 is 0 Å². The summed E-state index contributed by atoms with van der Waals surface area (Å²) < 4.78 is 5.02. The third-order valence-corrected chi connectivity index (χ3v) is 3.70. The average Bonchev–Trinajstić information content (AvgIpc) is 2.55. The molecule has 2 aromatic rings. The second-order valence-electron chi connectivity index (χ2n) is 5.86. The van der Waals surface area contributed by atoms with Crippen LogP contribution in [0.4, 0.5) is 0 Å². The number of esters is 1. The van der Waals surface area contributed by atoms with Gasteiger partial charge >= 0.3 is 5.97 Å². The molecule has 0 fully saturated rings. The molecular weight excluding hydrogens is 302 g/mol. The normalized spacial score (nSPS) is 11.6. The SMILES string of the molecule is CCC[C@H](C)NC(=O)c1ccc(-c2ccc(OC(C)=O)cc2)cc1. The molecule has 126 valence electrons. The van der Waals surface area contributed by atoms with Crippen LogP contribution in [0.2, 0.25) is 0 Å². The highest BCUT2D eigenvalue weighted by Gasteiger charge is 2.09. The zero-order chi connectivity index (χ0) is 17.5. The standard InChI is InChI=1S/C20H23NO3/c1-4-5-14(2)21-20(23)18-8-6-16(7-9-18)17-10-12-19(13-11-17)24-15(3)22/h6-14H,4-5H2,1-3H3,(H,21,23)/t14-/m0/s1. The number of carbonyl (C=O) groups is 2. The monoisotopic (exact) mass is 325 g/mol. The Morgan fingerprint density at radius 2 is 1.54 bits per heavy atom. The Morgan fingerprint density at radius 3 is 2.04 bits per heavy atom. The number of nitrogens with one attached hydrogen (secondary N) is 1. The molecule has 0 radical (unpaired) electrons. The third-order valence-electron chi connectivity index (χ3n) is 3.70. The fourth-order valence-corrected chi connectivity index (χ4v) is 2.51. The van der Waals surface area contributed by atoms with Gasteiger partial charge in [0.25, 0.3) is 5.91 Å². The van der Waals surface area contributed by atoms with Gasteiger partial charge in [0, 0.05) is 18.5 Å². The first kappa shape index (κ1) is 17.7. The average molecular weight is 325 g/mol. The largest absolute Gasteiger partial charge is 0.427 e. The minimum atomic E-state index is -0.338. The van der Waals surface area contributed by atoms with Gasteiger partial charge in [-0.2, -0.15) is 0 Å². The smallest absolute Gasteiger partial charge is 0.308 e. The highest BCUT2D eigenvalue weighted by Crippen LogP contribution is 2.23. The molecule has 1 amide bonds. The molecule has 0 unspecified atom stereocenters. The van der Waals surface area contributed by atoms with Gasteiger partial charge in [0.05, 0.1) is 0 Å². The second-order valence-corrected chi connectivity index (χ2v) is 5.86. The van der Waals surface area contributed by atoms with Crippen molar-refractivity contribution in [3.8, 4) is 16.9 Å². The molecule has 4 nitrogen and oxygen atoms in total. The summed E-state index contributed by atoms with van der Waals surface area (Å²) in [6.07, 6.45) is 2.02. The van der Waals surface area contributed by atoms with E-state index < -0.39 is 0 Å². The summed E-state index contributed by atoms with van der Waals surface area (Å²) >= 11 is 0. The van der Waals surface area contributed by atoms with E-state index in [1.54, 1.807) is 12.1 Å². The molecular formula is C20H23NO3. The van der Waals surface area contributed by atoms with Crippen molar-refractivity contribution in [3.05, 3.63) is 54.1 Å². The van der Waals surface area contributed by atoms with Crippen LogP contribution in [-0.2, 0) is 4.79 Å². The van der Waals surface area contributed by atoms with Crippen LogP contribution < -0.4 is 10.1 Å². The van der Waals surface area contributed by atoms with Gasteiger partial charge in [-0.05, 0) is 48.7 Å². The number of carbonyl (C=O) groups excluding carboxylic acids is 2. The summed E-state index contributed by atoms with van der Waals surface area (Å²) in [6, 6.07) is 14.9. The molecule has 0 aliphatic heterocycles. The van der Waals surface area contributed by atoms with Crippen LogP contribution >= 0.6 is 0 Å². The first-order chi connectivity index (χ1) is 11.5. The van der Waals surface area contributed by atoms with Gasteiger partial charge < -0.3 is 10.1 Å². The van der Waals surface area contributed by atoms with Gasteiger partial charge in [-0.25, -0.2) is 0 Å². The van der Waals surface area contributed by atoms with Crippen molar-refractivity contribution < 1.29 is 14.3 Å². The van der Waals surface area contributed by atoms with Crippen LogP contribution in [0.15, 0.2) is 48.5 Å². The number of benzene rings is 2. The molecule has 1 atom stereocenters. The van der Waals surface area contributed by atoms with E-state index in [0.29, 0.717) is 11.3 Å². The number of ether oxygens (including phenoxy) is 1. The lowest BCUT2D eigenvalue weighted by Gasteiger charge is -2.13. The van der Waals surface area contributed by atoms with Crippen molar-refractivity contribution in [3.63, 3.8) is 0 Å². The Bertz CT molecular complexity index is 690. The zero-order valence-corrected chi connectivity index (χ0v) is 14.3. The summed E-state index contributed by atoms with van der Waals surface area (Å²) in [7, 11) is 0. The van der Waals surface area contributed by atoms with Crippen LogP contribution in [0.25, 0.3) is 11.1 Å². The maximum atomic E-state index is 12.2. The van der Waals surface area contributed by atoms with Gasteiger partial charge in [0.1, 0.15) is 5.75 Å². The van der Waals surface area contributed by atoms with Crippen molar-refractivity contribution >= 4 is 11.9 Å². The molecule has 4 heteroatoms. The van der Waals surface area contributed by atoms with E-state index in [2.05, 4.69) is 12.2 Å². The Labute approximate surface area is 142 Å². The van der Waals surface area contributed by atoms with Gasteiger partial charge in [0.15, 0.2) is 0 Å². The minimum Gasteiger partial charge on any atom is -0.427 e. The third kappa shape index (κ3) is 4.95. The molecule has 0 saturated carbocycles. The van der Waals surface area contributed by atoms with Crippen LogP contribution in [-0.4, -0.2) is 17.9 Å². The molecule has 0 aromatic heterocycles. The fraction of sp³-hybridized carbons (Fsp3) is 0.300. The van der Waals surface area contributed by atoms with Crippen LogP contribution in [0.1, 0.15) is 44.0 Å². The van der Waals surface area contributed by atoms with Crippen LogP contribution in [0.5, 0.6) is 5.75 Å². The molecule has 0 spiro atoms. The maximum absolute atomic E-state index is 12.2. The lowest BCUT2D eigenvalue weighted by Crippen LogP contribution is -2.32. The fourth-order valence-electron chi connectivity index (χ4n) is 2.51. The highest BCUT2D eigenvalue weighted by molar-refractivity contribution is 5.94. The summed E-state index contributed by atoms with van der Waals surface area (Å²) in [5.74, 6) is 0.135. The first-order valence-electron chi connectivity index (χ1n) is 8.19. The summed E-state index contributed by atoms with van der Waals surface area (Å²) in [4.78, 5) is 23.1. The summed E-state index contributed by atoms with van der Waals surface area (Å²) in [6.45, 7) is 5.49. The van der Waals surface area contributed by atoms with Crippen molar-refractivity contribution in [1.82, 2.24) is 5.32 Å². The molecule has 0 aliphatic rings. The lowest BCUT2D eigenvalue weighted by molar-refractivity contribution is -0.131. The predicted molar refractivity (Wildman–Crippen MR) is 95.0 cm³/mol. The predicted octanol–water partition coefficient (Wildman–Crippen LogP) is 4.20. The topological polar surface area (TPSA) is 55.4 Å². The van der Waals surface area contributed by atoms with Gasteiger partial charge in [-0.15, -0.1) is 0 Å². The number of amides is 1. The Morgan fingerprint density at radius 1 is 1.00 bits per heavy atom. The van der Waals surface area contributed by atoms with Crippen molar-refractivity contribution in [2.45, 2.75) is 39.7 Å². The van der Waals surface area contributed by atoms with Gasteiger partial charge in [-0.3, -0.25) is 9.59 Å². The maximum Gasteiger partial charge on any atom is 0.308 e. The van der Waals surface area contributed by atoms with Crippen molar-refractivity contribution in [2.75, 3.05) is 0 Å². The van der Waals surface area contributed by atoms with Crippen LogP contribution in [0, 0.1) is 0 Å². The van der Waals surface area contributed by atoms with E-state index in [1.165, 1.54) is 6.92 Å². The van der Waals surface area contributed by atoms with E-state index in [1.807, 2.05) is 43.3 Å². The molecule has 0 bridgehead atoms.